The van der Waals surface area contributed by atoms with Crippen LogP contribution in [0.2, 0.25) is 5.02 Å². The lowest BCUT2D eigenvalue weighted by molar-refractivity contribution is 0.352. The lowest BCUT2D eigenvalue weighted by atomic mass is 10.1. The van der Waals surface area contributed by atoms with Crippen molar-refractivity contribution in [3.63, 3.8) is 0 Å². The summed E-state index contributed by atoms with van der Waals surface area (Å²) in [5.74, 6) is 1.06. The number of fused-ring (bicyclic) bond motifs is 1. The highest BCUT2D eigenvalue weighted by molar-refractivity contribution is 6.30. The first-order chi connectivity index (χ1) is 15.6. The van der Waals surface area contributed by atoms with Crippen LogP contribution in [-0.4, -0.2) is 50.8 Å². The zero-order valence-corrected chi connectivity index (χ0v) is 18.8. The lowest BCUT2D eigenvalue weighted by Crippen LogP contribution is -2.26. The summed E-state index contributed by atoms with van der Waals surface area (Å²) in [5, 5.41) is 9.53. The summed E-state index contributed by atoms with van der Waals surface area (Å²) < 4.78 is 1.74. The van der Waals surface area contributed by atoms with Gasteiger partial charge in [0, 0.05) is 23.7 Å². The van der Waals surface area contributed by atoms with Crippen molar-refractivity contribution in [2.75, 3.05) is 37.2 Å². The SMILES string of the molecule is Cc1cccc(-n2nc3nc(NCCN4CCCC4)nc(-c4ccc(Cl)cc4)c3c2N)c1. The molecular weight excluding hydrogens is 422 g/mol. The van der Waals surface area contributed by atoms with E-state index >= 15 is 0 Å². The van der Waals surface area contributed by atoms with Gasteiger partial charge in [-0.3, -0.25) is 0 Å². The Bertz CT molecular complexity index is 1240. The van der Waals surface area contributed by atoms with Crippen molar-refractivity contribution in [1.82, 2.24) is 24.6 Å². The zero-order chi connectivity index (χ0) is 22.1. The van der Waals surface area contributed by atoms with Crippen molar-refractivity contribution in [3.05, 3.63) is 59.1 Å². The van der Waals surface area contributed by atoms with E-state index in [-0.39, 0.29) is 0 Å². The van der Waals surface area contributed by atoms with Crippen molar-refractivity contribution >= 4 is 34.4 Å². The Morgan fingerprint density at radius 3 is 2.59 bits per heavy atom. The van der Waals surface area contributed by atoms with Crippen LogP contribution < -0.4 is 11.1 Å². The van der Waals surface area contributed by atoms with Gasteiger partial charge in [0.15, 0.2) is 5.65 Å². The summed E-state index contributed by atoms with van der Waals surface area (Å²) in [6.45, 7) is 6.12. The van der Waals surface area contributed by atoms with Gasteiger partial charge in [-0.05, 0) is 62.7 Å². The Balaban J connectivity index is 1.57. The molecule has 164 valence electrons. The topological polar surface area (TPSA) is 84.9 Å². The molecule has 5 rings (SSSR count). The normalized spacial score (nSPS) is 14.3. The van der Waals surface area contributed by atoms with Gasteiger partial charge in [-0.15, -0.1) is 5.10 Å². The first kappa shape index (κ1) is 20.7. The van der Waals surface area contributed by atoms with Gasteiger partial charge < -0.3 is 16.0 Å². The molecule has 0 bridgehead atoms. The van der Waals surface area contributed by atoms with Gasteiger partial charge in [-0.25, -0.2) is 9.67 Å². The Morgan fingerprint density at radius 1 is 1.06 bits per heavy atom. The fraction of sp³-hybridized carbons (Fsp3) is 0.292. The molecule has 3 N–H and O–H groups in total. The quantitative estimate of drug-likeness (QED) is 0.451. The number of nitrogens with zero attached hydrogens (tertiary/aromatic N) is 5. The molecule has 4 aromatic rings. The second-order valence-electron chi connectivity index (χ2n) is 8.21. The molecule has 0 atom stereocenters. The summed E-state index contributed by atoms with van der Waals surface area (Å²) in [7, 11) is 0. The predicted molar refractivity (Wildman–Crippen MR) is 130 cm³/mol. The molecule has 2 aromatic heterocycles. The number of anilines is 2. The third-order valence-corrected chi connectivity index (χ3v) is 6.09. The Hall–Kier alpha value is -3.16. The van der Waals surface area contributed by atoms with Gasteiger partial charge in [-0.1, -0.05) is 35.9 Å². The molecule has 8 heteroatoms. The molecule has 1 saturated heterocycles. The molecule has 1 aliphatic heterocycles. The van der Waals surface area contributed by atoms with E-state index in [9.17, 15) is 0 Å². The molecule has 0 spiro atoms. The van der Waals surface area contributed by atoms with Crippen LogP contribution in [-0.2, 0) is 0 Å². The van der Waals surface area contributed by atoms with Crippen LogP contribution >= 0.6 is 11.6 Å². The molecule has 2 aromatic carbocycles. The minimum atomic E-state index is 0.513. The fourth-order valence-corrected chi connectivity index (χ4v) is 4.32. The van der Waals surface area contributed by atoms with Crippen molar-refractivity contribution in [1.29, 1.82) is 0 Å². The van der Waals surface area contributed by atoms with Crippen molar-refractivity contribution < 1.29 is 0 Å². The highest BCUT2D eigenvalue weighted by Crippen LogP contribution is 2.33. The summed E-state index contributed by atoms with van der Waals surface area (Å²) in [6.07, 6.45) is 2.55. The number of halogens is 1. The van der Waals surface area contributed by atoms with Crippen LogP contribution in [0.15, 0.2) is 48.5 Å². The smallest absolute Gasteiger partial charge is 0.225 e. The van der Waals surface area contributed by atoms with Gasteiger partial charge in [0.05, 0.1) is 16.8 Å². The Kier molecular flexibility index (Phi) is 5.68. The summed E-state index contributed by atoms with van der Waals surface area (Å²) in [6, 6.07) is 15.7. The maximum absolute atomic E-state index is 6.59. The van der Waals surface area contributed by atoms with E-state index in [2.05, 4.69) is 10.2 Å². The zero-order valence-electron chi connectivity index (χ0n) is 18.1. The molecule has 7 nitrogen and oxygen atoms in total. The van der Waals surface area contributed by atoms with Crippen molar-refractivity contribution in [3.8, 4) is 16.9 Å². The van der Waals surface area contributed by atoms with E-state index in [0.29, 0.717) is 22.4 Å². The number of nitrogens with one attached hydrogen (secondary N) is 1. The average Bonchev–Trinajstić information content (AvgIpc) is 3.42. The Morgan fingerprint density at radius 2 is 1.84 bits per heavy atom. The van der Waals surface area contributed by atoms with Crippen LogP contribution in [0.4, 0.5) is 11.8 Å². The molecule has 0 unspecified atom stereocenters. The number of likely N-dealkylation sites (tertiary alicyclic amines) is 1. The third-order valence-electron chi connectivity index (χ3n) is 5.84. The van der Waals surface area contributed by atoms with E-state index in [4.69, 9.17) is 32.4 Å². The van der Waals surface area contributed by atoms with Crippen LogP contribution in [0, 0.1) is 6.92 Å². The third kappa shape index (κ3) is 4.13. The van der Waals surface area contributed by atoms with Gasteiger partial charge >= 0.3 is 0 Å². The lowest BCUT2D eigenvalue weighted by Gasteiger charge is -2.15. The van der Waals surface area contributed by atoms with E-state index in [1.165, 1.54) is 12.8 Å². The highest BCUT2D eigenvalue weighted by atomic mass is 35.5. The molecule has 0 saturated carbocycles. The minimum absolute atomic E-state index is 0.513. The first-order valence-corrected chi connectivity index (χ1v) is 11.3. The molecule has 1 fully saturated rings. The summed E-state index contributed by atoms with van der Waals surface area (Å²) >= 11 is 6.12. The maximum atomic E-state index is 6.59. The second kappa shape index (κ2) is 8.76. The van der Waals surface area contributed by atoms with Crippen LogP contribution in [0.1, 0.15) is 18.4 Å². The monoisotopic (exact) mass is 447 g/mol. The van der Waals surface area contributed by atoms with Crippen LogP contribution in [0.3, 0.4) is 0 Å². The van der Waals surface area contributed by atoms with Gasteiger partial charge in [-0.2, -0.15) is 4.98 Å². The summed E-state index contributed by atoms with van der Waals surface area (Å²) in [5.41, 5.74) is 10.8. The van der Waals surface area contributed by atoms with Gasteiger partial charge in [0.25, 0.3) is 0 Å². The van der Waals surface area contributed by atoms with E-state index in [1.807, 2.05) is 55.5 Å². The van der Waals surface area contributed by atoms with E-state index < -0.39 is 0 Å². The van der Waals surface area contributed by atoms with Gasteiger partial charge in [0.2, 0.25) is 5.95 Å². The maximum Gasteiger partial charge on any atom is 0.225 e. The molecule has 0 amide bonds. The average molecular weight is 448 g/mol. The molecule has 32 heavy (non-hydrogen) atoms. The van der Waals surface area contributed by atoms with Gasteiger partial charge in [0.1, 0.15) is 5.82 Å². The number of nitrogens with two attached hydrogens (primary N) is 1. The number of aromatic nitrogens is 4. The molecule has 3 heterocycles. The number of hydrogen-bond donors (Lipinski definition) is 2. The predicted octanol–water partition coefficient (Wildman–Crippen LogP) is 4.53. The first-order valence-electron chi connectivity index (χ1n) is 10.9. The number of rotatable bonds is 6. The number of hydrogen-bond acceptors (Lipinski definition) is 6. The Labute approximate surface area is 192 Å². The number of benzene rings is 2. The minimum Gasteiger partial charge on any atom is -0.383 e. The summed E-state index contributed by atoms with van der Waals surface area (Å²) in [4.78, 5) is 12.0. The van der Waals surface area contributed by atoms with Crippen LogP contribution in [0.5, 0.6) is 0 Å². The number of aryl methyl sites for hydroxylation is 1. The molecule has 0 radical (unpaired) electrons. The standard InChI is InChI=1S/C24H26ClN7/c1-16-5-4-6-19(15-16)32-22(26)20-21(17-7-9-18(25)10-8-17)28-24(29-23(20)30-32)27-11-14-31-12-2-3-13-31/h4-10,15H,2-3,11-14,26H2,1H3,(H,27,29,30). The van der Waals surface area contributed by atoms with E-state index in [1.54, 1.807) is 4.68 Å². The molecule has 0 aliphatic carbocycles. The van der Waals surface area contributed by atoms with E-state index in [0.717, 1.165) is 54.1 Å². The van der Waals surface area contributed by atoms with Crippen molar-refractivity contribution in [2.45, 2.75) is 19.8 Å². The fourth-order valence-electron chi connectivity index (χ4n) is 4.20. The second-order valence-corrected chi connectivity index (χ2v) is 8.65. The van der Waals surface area contributed by atoms with Crippen molar-refractivity contribution in [2.24, 2.45) is 0 Å². The highest BCUT2D eigenvalue weighted by Gasteiger charge is 2.19. The molecule has 1 aliphatic rings. The molecular formula is C24H26ClN7. The largest absolute Gasteiger partial charge is 0.383 e. The number of nitrogen functional groups attached to an aromatic ring is 1. The van der Waals surface area contributed by atoms with Crippen LogP contribution in [0.25, 0.3) is 28.0 Å².